The summed E-state index contributed by atoms with van der Waals surface area (Å²) >= 11 is 7.34. The van der Waals surface area contributed by atoms with Gasteiger partial charge in [-0.1, -0.05) is 11.6 Å². The number of benzene rings is 2. The standard InChI is InChI=1S/C20H20ClN3O5S2/c21-14-1-3-17(13(9-14)10-15(26)12-25)24-6-7-29-19-11-16(2-4-18(19)24)31(27,28)23-20-22-5-8-30-20/h1-5,8-9,11,15,25-26H,6-7,10,12H2,(H,22,23)/t15-/m0/s1. The number of sulfonamides is 1. The fourth-order valence-electron chi connectivity index (χ4n) is 3.36. The molecule has 8 nitrogen and oxygen atoms in total. The molecular formula is C20H20ClN3O5S2. The molecule has 3 N–H and O–H groups in total. The summed E-state index contributed by atoms with van der Waals surface area (Å²) in [4.78, 5) is 6.00. The Balaban J connectivity index is 1.68. The van der Waals surface area contributed by atoms with E-state index in [2.05, 4.69) is 9.71 Å². The SMILES string of the molecule is O=S(=O)(Nc1nccs1)c1ccc2c(c1)OCCN2c1ccc(Cl)cc1C[C@H](O)CO. The highest BCUT2D eigenvalue weighted by atomic mass is 35.5. The number of halogens is 1. The Bertz CT molecular complexity index is 1170. The first-order chi connectivity index (χ1) is 14.9. The van der Waals surface area contributed by atoms with E-state index in [1.807, 2.05) is 11.0 Å². The zero-order chi connectivity index (χ0) is 22.0. The molecule has 31 heavy (non-hydrogen) atoms. The van der Waals surface area contributed by atoms with Gasteiger partial charge in [0, 0.05) is 34.8 Å². The second-order valence-corrected chi connectivity index (χ2v) is 9.90. The third kappa shape index (κ3) is 4.78. The minimum atomic E-state index is -3.81. The quantitative estimate of drug-likeness (QED) is 0.475. The van der Waals surface area contributed by atoms with Gasteiger partial charge in [-0.2, -0.15) is 0 Å². The van der Waals surface area contributed by atoms with Gasteiger partial charge in [-0.3, -0.25) is 4.72 Å². The van der Waals surface area contributed by atoms with Crippen molar-refractivity contribution in [2.75, 3.05) is 29.4 Å². The molecule has 1 aliphatic heterocycles. The van der Waals surface area contributed by atoms with Gasteiger partial charge in [0.1, 0.15) is 12.4 Å². The lowest BCUT2D eigenvalue weighted by Gasteiger charge is -2.33. The van der Waals surface area contributed by atoms with Crippen LogP contribution in [-0.2, 0) is 16.4 Å². The number of fused-ring (bicyclic) bond motifs is 1. The number of hydrogen-bond acceptors (Lipinski definition) is 8. The van der Waals surface area contributed by atoms with E-state index in [4.69, 9.17) is 16.3 Å². The lowest BCUT2D eigenvalue weighted by atomic mass is 10.0. The largest absolute Gasteiger partial charge is 0.489 e. The predicted molar refractivity (Wildman–Crippen MR) is 120 cm³/mol. The Hall–Kier alpha value is -2.37. The van der Waals surface area contributed by atoms with E-state index in [1.165, 1.54) is 29.7 Å². The number of ether oxygens (including phenoxy) is 1. The summed E-state index contributed by atoms with van der Waals surface area (Å²) in [6.07, 6.45) is 0.832. The van der Waals surface area contributed by atoms with Gasteiger partial charge in [0.25, 0.3) is 10.0 Å². The second kappa shape index (κ2) is 9.01. The lowest BCUT2D eigenvalue weighted by Crippen LogP contribution is -2.30. The van der Waals surface area contributed by atoms with Crippen LogP contribution in [0.5, 0.6) is 5.75 Å². The third-order valence-corrected chi connectivity index (χ3v) is 7.15. The molecule has 0 amide bonds. The van der Waals surface area contributed by atoms with E-state index in [-0.39, 0.29) is 23.1 Å². The van der Waals surface area contributed by atoms with Crippen LogP contribution in [-0.4, -0.2) is 49.5 Å². The van der Waals surface area contributed by atoms with Crippen molar-refractivity contribution in [1.29, 1.82) is 0 Å². The van der Waals surface area contributed by atoms with Crippen molar-refractivity contribution in [2.45, 2.75) is 17.4 Å². The number of aliphatic hydroxyl groups is 2. The lowest BCUT2D eigenvalue weighted by molar-refractivity contribution is 0.0956. The molecule has 0 fully saturated rings. The fraction of sp³-hybridized carbons (Fsp3) is 0.250. The van der Waals surface area contributed by atoms with Crippen LogP contribution in [0.3, 0.4) is 0 Å². The zero-order valence-corrected chi connectivity index (χ0v) is 18.6. The van der Waals surface area contributed by atoms with E-state index in [1.54, 1.807) is 23.6 Å². The maximum atomic E-state index is 12.7. The van der Waals surface area contributed by atoms with Crippen LogP contribution in [0.25, 0.3) is 0 Å². The molecule has 0 saturated carbocycles. The van der Waals surface area contributed by atoms with Crippen LogP contribution >= 0.6 is 22.9 Å². The molecule has 0 radical (unpaired) electrons. The van der Waals surface area contributed by atoms with E-state index in [0.717, 1.165) is 11.3 Å². The second-order valence-electron chi connectivity index (χ2n) is 6.89. The average molecular weight is 482 g/mol. The summed E-state index contributed by atoms with van der Waals surface area (Å²) in [6.45, 7) is 0.514. The van der Waals surface area contributed by atoms with Gasteiger partial charge in [0.05, 0.1) is 29.8 Å². The molecule has 0 aliphatic carbocycles. The number of anilines is 3. The highest BCUT2D eigenvalue weighted by Crippen LogP contribution is 2.40. The highest BCUT2D eigenvalue weighted by molar-refractivity contribution is 7.93. The predicted octanol–water partition coefficient (Wildman–Crippen LogP) is 3.02. The Kier molecular flexibility index (Phi) is 6.35. The number of rotatable bonds is 7. The van der Waals surface area contributed by atoms with Crippen LogP contribution in [0.4, 0.5) is 16.5 Å². The molecule has 0 saturated heterocycles. The zero-order valence-electron chi connectivity index (χ0n) is 16.2. The highest BCUT2D eigenvalue weighted by Gasteiger charge is 2.25. The van der Waals surface area contributed by atoms with Crippen molar-refractivity contribution >= 4 is 49.5 Å². The van der Waals surface area contributed by atoms with Crippen LogP contribution in [0.1, 0.15) is 5.56 Å². The summed E-state index contributed by atoms with van der Waals surface area (Å²) in [5.41, 5.74) is 2.27. The number of thiazole rings is 1. The molecule has 2 aromatic carbocycles. The molecule has 1 aliphatic rings. The Morgan fingerprint density at radius 1 is 1.26 bits per heavy atom. The van der Waals surface area contributed by atoms with Crippen LogP contribution in [0.2, 0.25) is 5.02 Å². The molecule has 1 aromatic heterocycles. The topological polar surface area (TPSA) is 112 Å². The number of hydrogen-bond donors (Lipinski definition) is 3. The van der Waals surface area contributed by atoms with Crippen molar-refractivity contribution in [3.8, 4) is 5.75 Å². The molecule has 2 heterocycles. The number of nitrogens with one attached hydrogen (secondary N) is 1. The maximum absolute atomic E-state index is 12.7. The number of aromatic nitrogens is 1. The van der Waals surface area contributed by atoms with E-state index in [9.17, 15) is 18.6 Å². The van der Waals surface area contributed by atoms with Gasteiger partial charge in [-0.15, -0.1) is 11.3 Å². The van der Waals surface area contributed by atoms with Crippen molar-refractivity contribution in [1.82, 2.24) is 4.98 Å². The Morgan fingerprint density at radius 3 is 2.81 bits per heavy atom. The normalized spacial score (nSPS) is 14.6. The van der Waals surface area contributed by atoms with E-state index >= 15 is 0 Å². The van der Waals surface area contributed by atoms with Gasteiger partial charge >= 0.3 is 0 Å². The first kappa shape index (κ1) is 21.8. The molecule has 4 rings (SSSR count). The van der Waals surface area contributed by atoms with Gasteiger partial charge in [-0.25, -0.2) is 13.4 Å². The first-order valence-corrected chi connectivity index (χ1v) is 12.2. The summed E-state index contributed by atoms with van der Waals surface area (Å²) in [5, 5.41) is 21.7. The molecule has 11 heteroatoms. The Morgan fingerprint density at radius 2 is 2.06 bits per heavy atom. The van der Waals surface area contributed by atoms with Gasteiger partial charge < -0.3 is 19.8 Å². The summed E-state index contributed by atoms with van der Waals surface area (Å²) in [7, 11) is -3.81. The molecule has 0 unspecified atom stereocenters. The molecule has 3 aromatic rings. The van der Waals surface area contributed by atoms with Crippen LogP contribution < -0.4 is 14.4 Å². The van der Waals surface area contributed by atoms with Crippen LogP contribution in [0, 0.1) is 0 Å². The van der Waals surface area contributed by atoms with Crippen LogP contribution in [0.15, 0.2) is 52.9 Å². The molecule has 164 valence electrons. The molecule has 0 spiro atoms. The summed E-state index contributed by atoms with van der Waals surface area (Å²) in [6, 6.07) is 10.0. The fourth-order valence-corrected chi connectivity index (χ4v) is 5.36. The average Bonchev–Trinajstić information content (AvgIpc) is 3.25. The Labute approximate surface area is 188 Å². The van der Waals surface area contributed by atoms with Gasteiger partial charge in [0.2, 0.25) is 0 Å². The third-order valence-electron chi connectivity index (χ3n) is 4.76. The van der Waals surface area contributed by atoms with Crippen molar-refractivity contribution in [3.05, 3.63) is 58.6 Å². The summed E-state index contributed by atoms with van der Waals surface area (Å²) in [5.74, 6) is 0.428. The van der Waals surface area contributed by atoms with Gasteiger partial charge in [-0.05, 0) is 35.9 Å². The molecular weight excluding hydrogens is 462 g/mol. The monoisotopic (exact) mass is 481 g/mol. The molecule has 1 atom stereocenters. The maximum Gasteiger partial charge on any atom is 0.263 e. The minimum Gasteiger partial charge on any atom is -0.489 e. The number of aliphatic hydroxyl groups excluding tert-OH is 2. The van der Waals surface area contributed by atoms with Crippen molar-refractivity contribution in [3.63, 3.8) is 0 Å². The van der Waals surface area contributed by atoms with Gasteiger partial charge in [0.15, 0.2) is 5.13 Å². The van der Waals surface area contributed by atoms with Crippen molar-refractivity contribution < 1.29 is 23.4 Å². The van der Waals surface area contributed by atoms with E-state index in [0.29, 0.717) is 29.6 Å². The van der Waals surface area contributed by atoms with Crippen molar-refractivity contribution in [2.24, 2.45) is 0 Å². The summed E-state index contributed by atoms with van der Waals surface area (Å²) < 4.78 is 33.6. The molecule has 0 bridgehead atoms. The minimum absolute atomic E-state index is 0.0651. The van der Waals surface area contributed by atoms with E-state index < -0.39 is 16.1 Å². The smallest absolute Gasteiger partial charge is 0.263 e. The first-order valence-electron chi connectivity index (χ1n) is 9.41. The number of nitrogens with zero attached hydrogens (tertiary/aromatic N) is 2.